The minimum Gasteiger partial charge on any atom is -0.495 e. The largest absolute Gasteiger partial charge is 0.495 e. The first-order valence-electron chi connectivity index (χ1n) is 9.10. The van der Waals surface area contributed by atoms with Crippen LogP contribution in [0.2, 0.25) is 5.02 Å². The number of esters is 1. The lowest BCUT2D eigenvalue weighted by Crippen LogP contribution is -2.22. The van der Waals surface area contributed by atoms with Gasteiger partial charge in [0, 0.05) is 11.5 Å². The number of amides is 1. The molecule has 0 atom stereocenters. The van der Waals surface area contributed by atoms with Crippen molar-refractivity contribution < 1.29 is 23.8 Å². The highest BCUT2D eigenvalue weighted by molar-refractivity contribution is 6.32. The van der Waals surface area contributed by atoms with Crippen molar-refractivity contribution in [3.05, 3.63) is 58.2 Å². The van der Waals surface area contributed by atoms with Gasteiger partial charge in [-0.3, -0.25) is 9.78 Å². The number of nitrogens with one attached hydrogen (secondary N) is 1. The highest BCUT2D eigenvalue weighted by atomic mass is 35.5. The Morgan fingerprint density at radius 2 is 1.77 bits per heavy atom. The topological polar surface area (TPSA) is 86.8 Å². The van der Waals surface area contributed by atoms with Gasteiger partial charge >= 0.3 is 5.97 Å². The summed E-state index contributed by atoms with van der Waals surface area (Å²) in [7, 11) is 2.93. The van der Waals surface area contributed by atoms with Crippen molar-refractivity contribution in [1.29, 1.82) is 0 Å². The molecule has 0 spiro atoms. The van der Waals surface area contributed by atoms with Crippen LogP contribution in [0.3, 0.4) is 0 Å². The van der Waals surface area contributed by atoms with Crippen LogP contribution in [-0.2, 0) is 9.53 Å². The van der Waals surface area contributed by atoms with E-state index < -0.39 is 18.5 Å². The van der Waals surface area contributed by atoms with Crippen LogP contribution in [0.15, 0.2) is 36.4 Å². The van der Waals surface area contributed by atoms with Crippen molar-refractivity contribution >= 4 is 40.1 Å². The Kier molecular flexibility index (Phi) is 6.42. The predicted molar refractivity (Wildman–Crippen MR) is 115 cm³/mol. The number of hydrogen-bond donors (Lipinski definition) is 1. The van der Waals surface area contributed by atoms with E-state index in [-0.39, 0.29) is 0 Å². The smallest absolute Gasteiger partial charge is 0.340 e. The molecule has 30 heavy (non-hydrogen) atoms. The third-order valence-corrected chi connectivity index (χ3v) is 4.91. The van der Waals surface area contributed by atoms with Crippen LogP contribution >= 0.6 is 11.6 Å². The maximum absolute atomic E-state index is 12.6. The van der Waals surface area contributed by atoms with Crippen molar-refractivity contribution in [3.8, 4) is 11.5 Å². The summed E-state index contributed by atoms with van der Waals surface area (Å²) >= 11 is 6.11. The normalized spacial score (nSPS) is 10.6. The van der Waals surface area contributed by atoms with E-state index in [1.807, 2.05) is 31.2 Å². The van der Waals surface area contributed by atoms with Crippen LogP contribution in [0.1, 0.15) is 21.6 Å². The van der Waals surface area contributed by atoms with Gasteiger partial charge in [0.2, 0.25) is 0 Å². The first-order chi connectivity index (χ1) is 14.3. The number of anilines is 1. The molecule has 0 unspecified atom stereocenters. The summed E-state index contributed by atoms with van der Waals surface area (Å²) in [6, 6.07) is 10.6. The molecule has 1 amide bonds. The fraction of sp³-hybridized carbons (Fsp3) is 0.227. The standard InChI is InChI=1S/C22H21ClN2O5/c1-12-14-7-5-6-8-16(14)24-13(2)21(12)22(27)30-11-20(26)25-17-9-15(23)18(28-3)10-19(17)29-4/h5-10H,11H2,1-4H3,(H,25,26). The fourth-order valence-corrected chi connectivity index (χ4v) is 3.42. The lowest BCUT2D eigenvalue weighted by Gasteiger charge is -2.14. The summed E-state index contributed by atoms with van der Waals surface area (Å²) in [5.41, 5.74) is 2.79. The molecule has 7 nitrogen and oxygen atoms in total. The summed E-state index contributed by atoms with van der Waals surface area (Å²) in [5, 5.41) is 3.79. The van der Waals surface area contributed by atoms with Crippen molar-refractivity contribution in [2.45, 2.75) is 13.8 Å². The molecule has 1 heterocycles. The van der Waals surface area contributed by atoms with Gasteiger partial charge in [-0.15, -0.1) is 0 Å². The molecular formula is C22H21ClN2O5. The van der Waals surface area contributed by atoms with E-state index in [0.29, 0.717) is 33.5 Å². The Balaban J connectivity index is 1.74. The van der Waals surface area contributed by atoms with Crippen molar-refractivity contribution in [2.24, 2.45) is 0 Å². The molecule has 1 aromatic heterocycles. The van der Waals surface area contributed by atoms with Gasteiger partial charge in [0.15, 0.2) is 6.61 Å². The van der Waals surface area contributed by atoms with E-state index in [0.717, 1.165) is 16.5 Å². The minimum absolute atomic E-state index is 0.305. The fourth-order valence-electron chi connectivity index (χ4n) is 3.18. The monoisotopic (exact) mass is 428 g/mol. The summed E-state index contributed by atoms with van der Waals surface area (Å²) in [6.07, 6.45) is 0. The van der Waals surface area contributed by atoms with E-state index in [2.05, 4.69) is 10.3 Å². The Labute approximate surface area is 178 Å². The zero-order valence-electron chi connectivity index (χ0n) is 17.0. The maximum Gasteiger partial charge on any atom is 0.340 e. The number of methoxy groups -OCH3 is 2. The number of nitrogens with zero attached hydrogens (tertiary/aromatic N) is 1. The van der Waals surface area contributed by atoms with E-state index >= 15 is 0 Å². The molecule has 0 saturated heterocycles. The number of carbonyl (C=O) groups is 2. The molecule has 1 N–H and O–H groups in total. The van der Waals surface area contributed by atoms with Crippen LogP contribution in [0.25, 0.3) is 10.9 Å². The number of ether oxygens (including phenoxy) is 3. The molecule has 0 radical (unpaired) electrons. The Bertz CT molecular complexity index is 1130. The van der Waals surface area contributed by atoms with E-state index in [4.69, 9.17) is 25.8 Å². The summed E-state index contributed by atoms with van der Waals surface area (Å²) < 4.78 is 15.6. The number of rotatable bonds is 6. The number of aromatic nitrogens is 1. The van der Waals surface area contributed by atoms with E-state index in [1.165, 1.54) is 20.3 Å². The lowest BCUT2D eigenvalue weighted by molar-refractivity contribution is -0.119. The number of fused-ring (bicyclic) bond motifs is 1. The number of aryl methyl sites for hydroxylation is 2. The number of hydrogen-bond acceptors (Lipinski definition) is 6. The van der Waals surface area contributed by atoms with E-state index in [9.17, 15) is 9.59 Å². The van der Waals surface area contributed by atoms with E-state index in [1.54, 1.807) is 13.0 Å². The third kappa shape index (κ3) is 4.31. The minimum atomic E-state index is -0.613. The highest BCUT2D eigenvalue weighted by Crippen LogP contribution is 2.35. The highest BCUT2D eigenvalue weighted by Gasteiger charge is 2.19. The number of pyridine rings is 1. The molecule has 0 aliphatic rings. The second-order valence-electron chi connectivity index (χ2n) is 6.53. The second-order valence-corrected chi connectivity index (χ2v) is 6.93. The summed E-state index contributed by atoms with van der Waals surface area (Å²) in [5.74, 6) is -0.376. The first kappa shape index (κ1) is 21.4. The van der Waals surface area contributed by atoms with Crippen LogP contribution in [0.5, 0.6) is 11.5 Å². The zero-order chi connectivity index (χ0) is 21.8. The van der Waals surface area contributed by atoms with Gasteiger partial charge in [-0.05, 0) is 31.5 Å². The Morgan fingerprint density at radius 3 is 2.47 bits per heavy atom. The van der Waals surface area contributed by atoms with Gasteiger partial charge in [-0.2, -0.15) is 0 Å². The number of halogens is 1. The van der Waals surface area contributed by atoms with Crippen molar-refractivity contribution in [1.82, 2.24) is 4.98 Å². The molecule has 8 heteroatoms. The van der Waals surface area contributed by atoms with Crippen LogP contribution in [0.4, 0.5) is 5.69 Å². The average Bonchev–Trinajstić information content (AvgIpc) is 2.72. The second kappa shape index (κ2) is 9.00. The molecule has 156 valence electrons. The van der Waals surface area contributed by atoms with Crippen molar-refractivity contribution in [3.63, 3.8) is 0 Å². The molecule has 2 aromatic carbocycles. The molecule has 0 bridgehead atoms. The molecule has 0 aliphatic carbocycles. The summed E-state index contributed by atoms with van der Waals surface area (Å²) in [4.78, 5) is 29.4. The van der Waals surface area contributed by atoms with Gasteiger partial charge < -0.3 is 19.5 Å². The SMILES string of the molecule is COc1cc(OC)c(NC(=O)COC(=O)c2c(C)nc3ccccc3c2C)cc1Cl. The lowest BCUT2D eigenvalue weighted by atomic mass is 10.0. The summed E-state index contributed by atoms with van der Waals surface area (Å²) in [6.45, 7) is 3.09. The zero-order valence-corrected chi connectivity index (χ0v) is 17.8. The third-order valence-electron chi connectivity index (χ3n) is 4.62. The van der Waals surface area contributed by atoms with Crippen molar-refractivity contribution in [2.75, 3.05) is 26.1 Å². The Hall–Kier alpha value is -3.32. The first-order valence-corrected chi connectivity index (χ1v) is 9.48. The number of carbonyl (C=O) groups excluding carboxylic acids is 2. The number of para-hydroxylation sites is 1. The average molecular weight is 429 g/mol. The Morgan fingerprint density at radius 1 is 1.07 bits per heavy atom. The van der Waals surface area contributed by atoms with Gasteiger partial charge in [-0.25, -0.2) is 4.79 Å². The van der Waals surface area contributed by atoms with Gasteiger partial charge in [-0.1, -0.05) is 29.8 Å². The predicted octanol–water partition coefficient (Wildman–Crippen LogP) is 4.32. The molecule has 0 aliphatic heterocycles. The van der Waals surface area contributed by atoms with Gasteiger partial charge in [0.05, 0.1) is 41.7 Å². The molecule has 3 aromatic rings. The van der Waals surface area contributed by atoms with Gasteiger partial charge in [0.25, 0.3) is 5.91 Å². The molecule has 3 rings (SSSR count). The van der Waals surface area contributed by atoms with Crippen LogP contribution < -0.4 is 14.8 Å². The van der Waals surface area contributed by atoms with Crippen LogP contribution in [-0.4, -0.2) is 37.7 Å². The molecule has 0 saturated carbocycles. The quantitative estimate of drug-likeness (QED) is 0.588. The maximum atomic E-state index is 12.6. The number of benzene rings is 2. The van der Waals surface area contributed by atoms with Gasteiger partial charge in [0.1, 0.15) is 11.5 Å². The van der Waals surface area contributed by atoms with Crippen LogP contribution in [0, 0.1) is 13.8 Å². The molecular weight excluding hydrogens is 408 g/mol. The molecule has 0 fully saturated rings.